The first-order chi connectivity index (χ1) is 20.3. The minimum absolute atomic E-state index is 0.861. The van der Waals surface area contributed by atoms with E-state index in [2.05, 4.69) is 98.9 Å². The van der Waals surface area contributed by atoms with Gasteiger partial charge in [-0.2, -0.15) is 0 Å². The van der Waals surface area contributed by atoms with Crippen LogP contribution in [0, 0.1) is 0 Å². The first kappa shape index (κ1) is 21.3. The van der Waals surface area contributed by atoms with Crippen LogP contribution >= 0.6 is 0 Å². The highest BCUT2D eigenvalue weighted by Gasteiger charge is 2.24. The maximum atomic E-state index is 5.10. The summed E-state index contributed by atoms with van der Waals surface area (Å²) in [5.74, 6) is 0. The van der Waals surface area contributed by atoms with Crippen molar-refractivity contribution >= 4 is 60.3 Å². The van der Waals surface area contributed by atoms with Crippen molar-refractivity contribution < 1.29 is 0 Å². The van der Waals surface area contributed by atoms with Gasteiger partial charge in [0.2, 0.25) is 0 Å². The van der Waals surface area contributed by atoms with Crippen molar-refractivity contribution in [2.45, 2.75) is 6.42 Å². The van der Waals surface area contributed by atoms with Crippen molar-refractivity contribution in [1.29, 1.82) is 0 Å². The Hall–Kier alpha value is -5.55. The molecule has 0 saturated heterocycles. The van der Waals surface area contributed by atoms with Gasteiger partial charge in [-0.3, -0.25) is 9.38 Å². The molecule has 0 aliphatic heterocycles. The lowest BCUT2D eigenvalue weighted by Crippen LogP contribution is -1.97. The summed E-state index contributed by atoms with van der Waals surface area (Å²) in [4.78, 5) is 14.4. The maximum absolute atomic E-state index is 5.10. The Balaban J connectivity index is 1.47. The molecule has 1 aliphatic carbocycles. The highest BCUT2D eigenvalue weighted by atomic mass is 15.1. The number of hydrogen-bond acceptors (Lipinski definition) is 3. The van der Waals surface area contributed by atoms with Gasteiger partial charge >= 0.3 is 0 Å². The third kappa shape index (κ3) is 2.68. The fourth-order valence-electron chi connectivity index (χ4n) is 7.13. The van der Waals surface area contributed by atoms with E-state index in [1.54, 1.807) is 0 Å². The number of rotatable bonds is 1. The first-order valence-electron chi connectivity index (χ1n) is 13.9. The van der Waals surface area contributed by atoms with Crippen LogP contribution in [0.5, 0.6) is 0 Å². The van der Waals surface area contributed by atoms with Crippen LogP contribution in [-0.4, -0.2) is 23.9 Å². The van der Waals surface area contributed by atoms with Gasteiger partial charge in [0, 0.05) is 51.2 Å². The highest BCUT2D eigenvalue weighted by molar-refractivity contribution is 6.28. The molecule has 5 aromatic heterocycles. The lowest BCUT2D eigenvalue weighted by molar-refractivity contribution is 1.18. The average molecular weight is 524 g/mol. The molecule has 5 heterocycles. The number of para-hydroxylation sites is 1. The van der Waals surface area contributed by atoms with E-state index < -0.39 is 0 Å². The number of aromatic nitrogens is 5. The number of pyridine rings is 3. The molecule has 1 aliphatic rings. The quantitative estimate of drug-likeness (QED) is 0.204. The Morgan fingerprint density at radius 1 is 0.610 bits per heavy atom. The molecule has 5 heteroatoms. The van der Waals surface area contributed by atoms with Crippen LogP contribution in [0.3, 0.4) is 0 Å². The standard InChI is InChI=1S/C36H21N5/c1-2-8-23(9-3-1)40-32-19-27-22(17-21-7-4-5-10-24(21)27)18-28(32)25-12-13-26-33(34(25)40)29-20-37-16-14-31(29)41-35(26)39-30-11-6-15-38-36(30)41/h1-16,18-20H,17H2. The van der Waals surface area contributed by atoms with Crippen molar-refractivity contribution in [3.05, 3.63) is 127 Å². The number of imidazole rings is 1. The van der Waals surface area contributed by atoms with Crippen LogP contribution < -0.4 is 0 Å². The summed E-state index contributed by atoms with van der Waals surface area (Å²) in [6.07, 6.45) is 6.65. The second-order valence-corrected chi connectivity index (χ2v) is 10.9. The molecule has 10 rings (SSSR count). The lowest BCUT2D eigenvalue weighted by Gasteiger charge is -2.13. The zero-order valence-electron chi connectivity index (χ0n) is 21.9. The third-order valence-corrected chi connectivity index (χ3v) is 8.82. The Labute approximate surface area is 234 Å². The summed E-state index contributed by atoms with van der Waals surface area (Å²) in [7, 11) is 0. The first-order valence-corrected chi connectivity index (χ1v) is 13.9. The van der Waals surface area contributed by atoms with E-state index in [0.29, 0.717) is 0 Å². The van der Waals surface area contributed by atoms with Crippen LogP contribution in [0.1, 0.15) is 11.1 Å². The largest absolute Gasteiger partial charge is 0.309 e. The van der Waals surface area contributed by atoms with Gasteiger partial charge in [0.15, 0.2) is 5.65 Å². The Morgan fingerprint density at radius 2 is 1.49 bits per heavy atom. The monoisotopic (exact) mass is 523 g/mol. The number of benzene rings is 4. The molecular weight excluding hydrogens is 502 g/mol. The fraction of sp³-hybridized carbons (Fsp3) is 0.0278. The molecule has 0 atom stereocenters. The SMILES string of the molecule is c1ccc(-n2c3cc4c(cc3c3ccc5c(c6cnccc6n6c7ncccc7nc56)c32)Cc2ccccc2-4)cc1. The highest BCUT2D eigenvalue weighted by Crippen LogP contribution is 2.45. The zero-order valence-corrected chi connectivity index (χ0v) is 21.9. The zero-order chi connectivity index (χ0) is 26.7. The van der Waals surface area contributed by atoms with Gasteiger partial charge < -0.3 is 4.57 Å². The van der Waals surface area contributed by atoms with E-state index in [4.69, 9.17) is 9.97 Å². The summed E-state index contributed by atoms with van der Waals surface area (Å²) in [6, 6.07) is 34.9. The molecule has 0 bridgehead atoms. The van der Waals surface area contributed by atoms with Crippen molar-refractivity contribution in [1.82, 2.24) is 23.9 Å². The van der Waals surface area contributed by atoms with E-state index in [1.807, 2.05) is 30.7 Å². The molecule has 0 spiro atoms. The molecule has 190 valence electrons. The Morgan fingerprint density at radius 3 is 2.44 bits per heavy atom. The van der Waals surface area contributed by atoms with Crippen LogP contribution in [0.2, 0.25) is 0 Å². The number of nitrogens with zero attached hydrogens (tertiary/aromatic N) is 5. The summed E-state index contributed by atoms with van der Waals surface area (Å²) < 4.78 is 4.62. The van der Waals surface area contributed by atoms with Crippen LogP contribution in [0.15, 0.2) is 116 Å². The fourth-order valence-corrected chi connectivity index (χ4v) is 7.13. The molecule has 0 saturated carbocycles. The maximum Gasteiger partial charge on any atom is 0.164 e. The Kier molecular flexibility index (Phi) is 3.92. The van der Waals surface area contributed by atoms with Gasteiger partial charge in [-0.05, 0) is 77.2 Å². The molecule has 0 unspecified atom stereocenters. The van der Waals surface area contributed by atoms with Crippen LogP contribution in [-0.2, 0) is 6.42 Å². The molecule has 41 heavy (non-hydrogen) atoms. The Bertz CT molecular complexity index is 2550. The van der Waals surface area contributed by atoms with Gasteiger partial charge in [-0.1, -0.05) is 48.5 Å². The number of fused-ring (bicyclic) bond motifs is 15. The van der Waals surface area contributed by atoms with Crippen molar-refractivity contribution in [3.8, 4) is 16.8 Å². The van der Waals surface area contributed by atoms with E-state index in [0.717, 1.165) is 50.6 Å². The molecule has 0 radical (unpaired) electrons. The summed E-state index contributed by atoms with van der Waals surface area (Å²) >= 11 is 0. The molecule has 4 aromatic carbocycles. The third-order valence-electron chi connectivity index (χ3n) is 8.82. The van der Waals surface area contributed by atoms with E-state index in [-0.39, 0.29) is 0 Å². The van der Waals surface area contributed by atoms with Crippen molar-refractivity contribution in [2.24, 2.45) is 0 Å². The molecule has 0 fully saturated rings. The molecule has 0 N–H and O–H groups in total. The van der Waals surface area contributed by atoms with Gasteiger partial charge in [0.25, 0.3) is 0 Å². The van der Waals surface area contributed by atoms with Gasteiger partial charge in [0.1, 0.15) is 11.2 Å². The van der Waals surface area contributed by atoms with Gasteiger partial charge in [0.05, 0.1) is 16.6 Å². The summed E-state index contributed by atoms with van der Waals surface area (Å²) in [6.45, 7) is 0. The van der Waals surface area contributed by atoms with Crippen LogP contribution in [0.25, 0.3) is 77.1 Å². The molecule has 5 nitrogen and oxygen atoms in total. The molecular formula is C36H21N5. The molecule has 0 amide bonds. The minimum atomic E-state index is 0.861. The van der Waals surface area contributed by atoms with E-state index >= 15 is 0 Å². The summed E-state index contributed by atoms with van der Waals surface area (Å²) in [5.41, 5.74) is 12.7. The van der Waals surface area contributed by atoms with Crippen molar-refractivity contribution in [3.63, 3.8) is 0 Å². The van der Waals surface area contributed by atoms with Crippen molar-refractivity contribution in [2.75, 3.05) is 0 Å². The predicted octanol–water partition coefficient (Wildman–Crippen LogP) is 8.25. The average Bonchev–Trinajstić information content (AvgIpc) is 3.70. The topological polar surface area (TPSA) is 48.0 Å². The second kappa shape index (κ2) is 7.55. The molecule has 9 aromatic rings. The number of hydrogen-bond donors (Lipinski definition) is 0. The predicted molar refractivity (Wildman–Crippen MR) is 166 cm³/mol. The normalized spacial score (nSPS) is 12.8. The van der Waals surface area contributed by atoms with E-state index in [9.17, 15) is 0 Å². The lowest BCUT2D eigenvalue weighted by atomic mass is 10.0. The van der Waals surface area contributed by atoms with Gasteiger partial charge in [-0.25, -0.2) is 9.97 Å². The van der Waals surface area contributed by atoms with E-state index in [1.165, 1.54) is 44.1 Å². The minimum Gasteiger partial charge on any atom is -0.309 e. The van der Waals surface area contributed by atoms with Crippen LogP contribution in [0.4, 0.5) is 0 Å². The van der Waals surface area contributed by atoms with Gasteiger partial charge in [-0.15, -0.1) is 0 Å². The summed E-state index contributed by atoms with van der Waals surface area (Å²) in [5, 5.41) is 5.84. The second-order valence-electron chi connectivity index (χ2n) is 10.9. The smallest absolute Gasteiger partial charge is 0.164 e.